The molecule has 0 amide bonds. The molecule has 0 N–H and O–H groups in total. The summed E-state index contributed by atoms with van der Waals surface area (Å²) in [7, 11) is 0. The summed E-state index contributed by atoms with van der Waals surface area (Å²) in [6.45, 7) is 0. The van der Waals surface area contributed by atoms with E-state index in [-0.39, 0.29) is 0 Å². The molecule has 0 radical (unpaired) electrons. The molecular formula is C14H13Br. The van der Waals surface area contributed by atoms with Crippen LogP contribution in [0.5, 0.6) is 0 Å². The molecule has 2 aromatic carbocycles. The monoisotopic (exact) mass is 260 g/mol. The molecule has 0 nitrogen and oxygen atoms in total. The van der Waals surface area contributed by atoms with Crippen LogP contribution in [0.25, 0.3) is 10.8 Å². The van der Waals surface area contributed by atoms with Gasteiger partial charge >= 0.3 is 0 Å². The van der Waals surface area contributed by atoms with Crippen LogP contribution in [-0.4, -0.2) is 0 Å². The molecule has 0 unspecified atom stereocenters. The number of benzene rings is 2. The standard InChI is InChI=1S/C14H13Br/c15-14-9-10-5-1-2-6-11(10)12-7-3-4-8-13(12)14/h3-4,7-9H,1-2,5-6H2. The van der Waals surface area contributed by atoms with Crippen molar-refractivity contribution in [2.45, 2.75) is 25.7 Å². The largest absolute Gasteiger partial charge is 0.0616 e. The average Bonchev–Trinajstić information content (AvgIpc) is 2.30. The molecule has 0 heterocycles. The molecule has 76 valence electrons. The van der Waals surface area contributed by atoms with Gasteiger partial charge in [-0.05, 0) is 53.6 Å². The third-order valence-electron chi connectivity index (χ3n) is 3.32. The minimum absolute atomic E-state index is 1.25. The normalized spacial score (nSPS) is 15.3. The fraction of sp³-hybridized carbons (Fsp3) is 0.286. The number of hydrogen-bond acceptors (Lipinski definition) is 0. The predicted molar refractivity (Wildman–Crippen MR) is 68.3 cm³/mol. The fourth-order valence-electron chi connectivity index (χ4n) is 2.58. The van der Waals surface area contributed by atoms with E-state index in [4.69, 9.17) is 0 Å². The van der Waals surface area contributed by atoms with Crippen LogP contribution in [-0.2, 0) is 12.8 Å². The van der Waals surface area contributed by atoms with Crippen LogP contribution in [0.2, 0.25) is 0 Å². The highest BCUT2D eigenvalue weighted by Gasteiger charge is 2.13. The Morgan fingerprint density at radius 1 is 0.933 bits per heavy atom. The summed E-state index contributed by atoms with van der Waals surface area (Å²) >= 11 is 3.68. The van der Waals surface area contributed by atoms with Gasteiger partial charge in [0.1, 0.15) is 0 Å². The van der Waals surface area contributed by atoms with E-state index in [1.807, 2.05) is 0 Å². The first-order valence-electron chi connectivity index (χ1n) is 5.55. The summed E-state index contributed by atoms with van der Waals surface area (Å²) in [6, 6.07) is 11.0. The first-order chi connectivity index (χ1) is 7.36. The third-order valence-corrected chi connectivity index (χ3v) is 3.98. The molecule has 0 spiro atoms. The van der Waals surface area contributed by atoms with Crippen LogP contribution >= 0.6 is 15.9 Å². The predicted octanol–water partition coefficient (Wildman–Crippen LogP) is 4.48. The van der Waals surface area contributed by atoms with Gasteiger partial charge < -0.3 is 0 Å². The Bertz CT molecular complexity index is 514. The minimum atomic E-state index is 1.25. The zero-order valence-electron chi connectivity index (χ0n) is 8.59. The summed E-state index contributed by atoms with van der Waals surface area (Å²) < 4.78 is 1.25. The fourth-order valence-corrected chi connectivity index (χ4v) is 3.20. The quantitative estimate of drug-likeness (QED) is 0.655. The summed E-state index contributed by atoms with van der Waals surface area (Å²) in [6.07, 6.45) is 5.19. The number of aryl methyl sites for hydroxylation is 2. The molecule has 0 fully saturated rings. The lowest BCUT2D eigenvalue weighted by Gasteiger charge is -2.18. The lowest BCUT2D eigenvalue weighted by Crippen LogP contribution is -2.03. The topological polar surface area (TPSA) is 0 Å². The smallest absolute Gasteiger partial charge is 0.0256 e. The first-order valence-corrected chi connectivity index (χ1v) is 6.34. The Morgan fingerprint density at radius 3 is 2.53 bits per heavy atom. The van der Waals surface area contributed by atoms with Gasteiger partial charge in [-0.3, -0.25) is 0 Å². The van der Waals surface area contributed by atoms with Crippen molar-refractivity contribution in [3.05, 3.63) is 45.9 Å². The minimum Gasteiger partial charge on any atom is -0.0616 e. The van der Waals surface area contributed by atoms with Crippen LogP contribution in [0.4, 0.5) is 0 Å². The molecule has 3 rings (SSSR count). The highest BCUT2D eigenvalue weighted by Crippen LogP contribution is 2.33. The Kier molecular flexibility index (Phi) is 2.28. The van der Waals surface area contributed by atoms with Gasteiger partial charge in [0.15, 0.2) is 0 Å². The molecular weight excluding hydrogens is 248 g/mol. The summed E-state index contributed by atoms with van der Waals surface area (Å²) in [5.41, 5.74) is 3.13. The number of halogens is 1. The van der Waals surface area contributed by atoms with Crippen molar-refractivity contribution in [3.8, 4) is 0 Å². The van der Waals surface area contributed by atoms with Crippen molar-refractivity contribution in [1.29, 1.82) is 0 Å². The highest BCUT2D eigenvalue weighted by molar-refractivity contribution is 9.10. The Balaban J connectivity index is 2.39. The highest BCUT2D eigenvalue weighted by atomic mass is 79.9. The van der Waals surface area contributed by atoms with Crippen LogP contribution in [0.15, 0.2) is 34.8 Å². The molecule has 15 heavy (non-hydrogen) atoms. The van der Waals surface area contributed by atoms with Crippen molar-refractivity contribution >= 4 is 26.7 Å². The molecule has 1 heteroatoms. The second-order valence-electron chi connectivity index (χ2n) is 4.25. The summed E-state index contributed by atoms with van der Waals surface area (Å²) in [5.74, 6) is 0. The molecule has 0 saturated carbocycles. The average molecular weight is 261 g/mol. The maximum Gasteiger partial charge on any atom is 0.0256 e. The van der Waals surface area contributed by atoms with Crippen molar-refractivity contribution in [1.82, 2.24) is 0 Å². The second kappa shape index (κ2) is 3.64. The Labute approximate surface area is 98.4 Å². The van der Waals surface area contributed by atoms with E-state index in [1.165, 1.54) is 40.9 Å². The molecule has 2 aromatic rings. The SMILES string of the molecule is Brc1cc2c(c3ccccc13)CCCC2. The van der Waals surface area contributed by atoms with Gasteiger partial charge in [-0.25, -0.2) is 0 Å². The molecule has 0 bridgehead atoms. The van der Waals surface area contributed by atoms with Gasteiger partial charge in [-0.2, -0.15) is 0 Å². The zero-order valence-corrected chi connectivity index (χ0v) is 10.2. The lowest BCUT2D eigenvalue weighted by atomic mass is 9.88. The van der Waals surface area contributed by atoms with E-state index < -0.39 is 0 Å². The molecule has 1 aliphatic rings. The molecule has 0 aliphatic heterocycles. The van der Waals surface area contributed by atoms with Crippen LogP contribution < -0.4 is 0 Å². The van der Waals surface area contributed by atoms with Gasteiger partial charge in [0.2, 0.25) is 0 Å². The van der Waals surface area contributed by atoms with Crippen molar-refractivity contribution in [2.75, 3.05) is 0 Å². The third kappa shape index (κ3) is 1.50. The van der Waals surface area contributed by atoms with E-state index in [0.29, 0.717) is 0 Å². The first kappa shape index (κ1) is 9.41. The second-order valence-corrected chi connectivity index (χ2v) is 5.10. The maximum absolute atomic E-state index is 3.68. The van der Waals surface area contributed by atoms with Crippen LogP contribution in [0.3, 0.4) is 0 Å². The Morgan fingerprint density at radius 2 is 1.67 bits per heavy atom. The number of hydrogen-bond donors (Lipinski definition) is 0. The van der Waals surface area contributed by atoms with Gasteiger partial charge in [0, 0.05) is 4.47 Å². The maximum atomic E-state index is 3.68. The summed E-state index contributed by atoms with van der Waals surface area (Å²) in [5, 5.41) is 2.81. The van der Waals surface area contributed by atoms with Crippen molar-refractivity contribution in [3.63, 3.8) is 0 Å². The van der Waals surface area contributed by atoms with Crippen LogP contribution in [0.1, 0.15) is 24.0 Å². The van der Waals surface area contributed by atoms with Gasteiger partial charge in [-0.15, -0.1) is 0 Å². The number of rotatable bonds is 0. The van der Waals surface area contributed by atoms with E-state index in [9.17, 15) is 0 Å². The lowest BCUT2D eigenvalue weighted by molar-refractivity contribution is 0.690. The van der Waals surface area contributed by atoms with E-state index >= 15 is 0 Å². The van der Waals surface area contributed by atoms with Crippen molar-refractivity contribution in [2.24, 2.45) is 0 Å². The zero-order chi connectivity index (χ0) is 10.3. The van der Waals surface area contributed by atoms with E-state index in [0.717, 1.165) is 0 Å². The molecule has 0 aromatic heterocycles. The van der Waals surface area contributed by atoms with Crippen molar-refractivity contribution < 1.29 is 0 Å². The van der Waals surface area contributed by atoms with Gasteiger partial charge in [0.25, 0.3) is 0 Å². The molecule has 1 aliphatic carbocycles. The Hall–Kier alpha value is -0.820. The van der Waals surface area contributed by atoms with Gasteiger partial charge in [0.05, 0.1) is 0 Å². The number of fused-ring (bicyclic) bond motifs is 3. The van der Waals surface area contributed by atoms with E-state index in [1.54, 1.807) is 11.1 Å². The van der Waals surface area contributed by atoms with E-state index in [2.05, 4.69) is 46.3 Å². The summed E-state index contributed by atoms with van der Waals surface area (Å²) in [4.78, 5) is 0. The van der Waals surface area contributed by atoms with Gasteiger partial charge in [-0.1, -0.05) is 40.2 Å². The van der Waals surface area contributed by atoms with Crippen LogP contribution in [0, 0.1) is 0 Å². The molecule has 0 atom stereocenters. The molecule has 0 saturated heterocycles.